The Labute approximate surface area is 102 Å². The van der Waals surface area contributed by atoms with E-state index in [1.807, 2.05) is 11.9 Å². The molecule has 0 aliphatic rings. The van der Waals surface area contributed by atoms with Gasteiger partial charge in [-0.25, -0.2) is 14.8 Å². The summed E-state index contributed by atoms with van der Waals surface area (Å²) < 4.78 is 4.56. The molecule has 0 saturated heterocycles. The Balaban J connectivity index is 2.70. The van der Waals surface area contributed by atoms with Crippen LogP contribution in [0.2, 0.25) is 0 Å². The number of rotatable bonds is 5. The van der Waals surface area contributed by atoms with Crippen molar-refractivity contribution >= 4 is 11.8 Å². The van der Waals surface area contributed by atoms with Crippen LogP contribution < -0.4 is 4.90 Å². The van der Waals surface area contributed by atoms with Gasteiger partial charge in [-0.05, 0) is 5.92 Å². The number of carbonyl (C=O) groups excluding carboxylic acids is 1. The quantitative estimate of drug-likeness (QED) is 0.730. The third-order valence-electron chi connectivity index (χ3n) is 2.71. The van der Waals surface area contributed by atoms with Gasteiger partial charge in [0.05, 0.1) is 19.5 Å². The number of methoxy groups -OCH3 is 1. The molecular weight excluding hydrogens is 218 g/mol. The lowest BCUT2D eigenvalue weighted by atomic mass is 10.1. The highest BCUT2D eigenvalue weighted by molar-refractivity contribution is 5.86. The number of hydrogen-bond acceptors (Lipinski definition) is 5. The molecule has 1 atom stereocenters. The van der Waals surface area contributed by atoms with E-state index < -0.39 is 5.97 Å². The van der Waals surface area contributed by atoms with Gasteiger partial charge in [-0.3, -0.25) is 0 Å². The van der Waals surface area contributed by atoms with Gasteiger partial charge in [-0.1, -0.05) is 20.3 Å². The lowest BCUT2D eigenvalue weighted by Crippen LogP contribution is -2.24. The predicted octanol–water partition coefficient (Wildman–Crippen LogP) is 1.75. The molecule has 1 aromatic heterocycles. The molecule has 0 amide bonds. The third-order valence-corrected chi connectivity index (χ3v) is 2.71. The molecule has 0 aliphatic carbocycles. The summed E-state index contributed by atoms with van der Waals surface area (Å²) in [5.41, 5.74) is 0.230. The van der Waals surface area contributed by atoms with Crippen LogP contribution in [0.15, 0.2) is 12.4 Å². The van der Waals surface area contributed by atoms with Gasteiger partial charge in [0.15, 0.2) is 5.69 Å². The predicted molar refractivity (Wildman–Crippen MR) is 66.1 cm³/mol. The van der Waals surface area contributed by atoms with Crippen molar-refractivity contribution < 1.29 is 9.53 Å². The van der Waals surface area contributed by atoms with E-state index in [1.54, 1.807) is 6.20 Å². The van der Waals surface area contributed by atoms with E-state index in [0.29, 0.717) is 5.92 Å². The van der Waals surface area contributed by atoms with Crippen molar-refractivity contribution in [2.45, 2.75) is 20.3 Å². The highest BCUT2D eigenvalue weighted by atomic mass is 16.5. The summed E-state index contributed by atoms with van der Waals surface area (Å²) in [7, 11) is 3.29. The minimum Gasteiger partial charge on any atom is -0.464 e. The fourth-order valence-corrected chi connectivity index (χ4v) is 1.42. The largest absolute Gasteiger partial charge is 0.464 e. The average molecular weight is 237 g/mol. The summed E-state index contributed by atoms with van der Waals surface area (Å²) in [5, 5.41) is 0. The summed E-state index contributed by atoms with van der Waals surface area (Å²) in [5.74, 6) is 0.897. The number of anilines is 1. The molecule has 1 heterocycles. The van der Waals surface area contributed by atoms with Crippen LogP contribution in [0, 0.1) is 5.92 Å². The molecule has 0 saturated carbocycles. The molecule has 0 bridgehead atoms. The van der Waals surface area contributed by atoms with E-state index in [0.717, 1.165) is 18.8 Å². The zero-order valence-electron chi connectivity index (χ0n) is 10.8. The first kappa shape index (κ1) is 13.4. The molecule has 5 nitrogen and oxygen atoms in total. The molecule has 1 rings (SSSR count). The molecule has 5 heteroatoms. The van der Waals surface area contributed by atoms with E-state index in [2.05, 4.69) is 28.6 Å². The van der Waals surface area contributed by atoms with Gasteiger partial charge >= 0.3 is 5.97 Å². The molecule has 0 radical (unpaired) electrons. The molecule has 0 N–H and O–H groups in total. The number of aromatic nitrogens is 2. The van der Waals surface area contributed by atoms with Crippen molar-refractivity contribution in [3.05, 3.63) is 18.1 Å². The molecule has 94 valence electrons. The Hall–Kier alpha value is -1.65. The Bertz CT molecular complexity index is 365. The van der Waals surface area contributed by atoms with Crippen LogP contribution in [0.1, 0.15) is 30.8 Å². The maximum atomic E-state index is 11.2. The topological polar surface area (TPSA) is 55.3 Å². The fraction of sp³-hybridized carbons (Fsp3) is 0.583. The van der Waals surface area contributed by atoms with Crippen LogP contribution in [0.25, 0.3) is 0 Å². The second-order valence-corrected chi connectivity index (χ2v) is 4.15. The van der Waals surface area contributed by atoms with Crippen molar-refractivity contribution in [2.24, 2.45) is 5.92 Å². The number of nitrogens with zero attached hydrogens (tertiary/aromatic N) is 3. The lowest BCUT2D eigenvalue weighted by molar-refractivity contribution is 0.0593. The number of hydrogen-bond donors (Lipinski definition) is 0. The SMILES string of the molecule is CCC(C)CN(C)c1cnc(C(=O)OC)cn1. The maximum absolute atomic E-state index is 11.2. The van der Waals surface area contributed by atoms with Gasteiger partial charge in [-0.2, -0.15) is 0 Å². The van der Waals surface area contributed by atoms with Crippen molar-refractivity contribution in [1.29, 1.82) is 0 Å². The molecular formula is C12H19N3O2. The van der Waals surface area contributed by atoms with Gasteiger partial charge < -0.3 is 9.64 Å². The van der Waals surface area contributed by atoms with Crippen LogP contribution in [-0.4, -0.2) is 36.6 Å². The summed E-state index contributed by atoms with van der Waals surface area (Å²) in [6, 6.07) is 0. The third kappa shape index (κ3) is 3.69. The van der Waals surface area contributed by atoms with E-state index >= 15 is 0 Å². The standard InChI is InChI=1S/C12H19N3O2/c1-5-9(2)8-15(3)11-7-13-10(6-14-11)12(16)17-4/h6-7,9H,5,8H2,1-4H3. The summed E-state index contributed by atoms with van der Waals surface area (Å²) in [6.45, 7) is 5.26. The Morgan fingerprint density at radius 2 is 2.18 bits per heavy atom. The van der Waals surface area contributed by atoms with Gasteiger partial charge in [0.2, 0.25) is 0 Å². The monoisotopic (exact) mass is 237 g/mol. The van der Waals surface area contributed by atoms with Crippen LogP contribution in [0.3, 0.4) is 0 Å². The van der Waals surface area contributed by atoms with Gasteiger partial charge in [0, 0.05) is 13.6 Å². The van der Waals surface area contributed by atoms with E-state index in [1.165, 1.54) is 13.3 Å². The van der Waals surface area contributed by atoms with Gasteiger partial charge in [0.1, 0.15) is 5.82 Å². The summed E-state index contributed by atoms with van der Waals surface area (Å²) in [4.78, 5) is 21.4. The molecule has 1 unspecified atom stereocenters. The van der Waals surface area contributed by atoms with Crippen molar-refractivity contribution in [1.82, 2.24) is 9.97 Å². The molecule has 17 heavy (non-hydrogen) atoms. The first-order chi connectivity index (χ1) is 8.08. The van der Waals surface area contributed by atoms with Crippen LogP contribution >= 0.6 is 0 Å². The summed E-state index contributed by atoms with van der Waals surface area (Å²) >= 11 is 0. The molecule has 0 fully saturated rings. The van der Waals surface area contributed by atoms with E-state index in [4.69, 9.17) is 0 Å². The highest BCUT2D eigenvalue weighted by Crippen LogP contribution is 2.11. The molecule has 0 aromatic carbocycles. The van der Waals surface area contributed by atoms with Crippen molar-refractivity contribution in [3.8, 4) is 0 Å². The first-order valence-electron chi connectivity index (χ1n) is 5.70. The number of esters is 1. The molecule has 0 aliphatic heterocycles. The number of ether oxygens (including phenoxy) is 1. The fourth-order valence-electron chi connectivity index (χ4n) is 1.42. The summed E-state index contributed by atoms with van der Waals surface area (Å²) in [6.07, 6.45) is 4.15. The van der Waals surface area contributed by atoms with Crippen LogP contribution in [0.5, 0.6) is 0 Å². The molecule has 0 spiro atoms. The minimum absolute atomic E-state index is 0.230. The van der Waals surface area contributed by atoms with E-state index in [9.17, 15) is 4.79 Å². The first-order valence-corrected chi connectivity index (χ1v) is 5.70. The lowest BCUT2D eigenvalue weighted by Gasteiger charge is -2.21. The zero-order valence-corrected chi connectivity index (χ0v) is 10.8. The Kier molecular flexibility index (Phi) is 4.87. The van der Waals surface area contributed by atoms with E-state index in [-0.39, 0.29) is 5.69 Å². The second-order valence-electron chi connectivity index (χ2n) is 4.15. The Morgan fingerprint density at radius 3 is 2.65 bits per heavy atom. The van der Waals surface area contributed by atoms with Crippen molar-refractivity contribution in [2.75, 3.05) is 25.6 Å². The van der Waals surface area contributed by atoms with Crippen LogP contribution in [0.4, 0.5) is 5.82 Å². The minimum atomic E-state index is -0.464. The maximum Gasteiger partial charge on any atom is 0.358 e. The second kappa shape index (κ2) is 6.18. The number of carbonyl (C=O) groups is 1. The van der Waals surface area contributed by atoms with Crippen LogP contribution in [-0.2, 0) is 4.74 Å². The Morgan fingerprint density at radius 1 is 1.47 bits per heavy atom. The zero-order chi connectivity index (χ0) is 12.8. The van der Waals surface area contributed by atoms with Crippen molar-refractivity contribution in [3.63, 3.8) is 0 Å². The average Bonchev–Trinajstić information content (AvgIpc) is 2.37. The normalized spacial score (nSPS) is 12.0. The molecule has 1 aromatic rings. The van der Waals surface area contributed by atoms with Gasteiger partial charge in [-0.15, -0.1) is 0 Å². The smallest absolute Gasteiger partial charge is 0.358 e. The highest BCUT2D eigenvalue weighted by Gasteiger charge is 2.10. The van der Waals surface area contributed by atoms with Gasteiger partial charge in [0.25, 0.3) is 0 Å².